The van der Waals surface area contributed by atoms with Crippen LogP contribution in [0.2, 0.25) is 0 Å². The molecule has 0 bridgehead atoms. The summed E-state index contributed by atoms with van der Waals surface area (Å²) >= 11 is 0. The second-order valence-corrected chi connectivity index (χ2v) is 5.99. The van der Waals surface area contributed by atoms with Crippen LogP contribution in [-0.2, 0) is 0 Å². The molecule has 0 amide bonds. The molecule has 1 nitrogen and oxygen atoms in total. The van der Waals surface area contributed by atoms with Crippen molar-refractivity contribution in [1.29, 1.82) is 0 Å². The van der Waals surface area contributed by atoms with Crippen molar-refractivity contribution in [2.24, 2.45) is 0 Å². The Labute approximate surface area is 128 Å². The van der Waals surface area contributed by atoms with Gasteiger partial charge in [-0.05, 0) is 36.9 Å². The van der Waals surface area contributed by atoms with E-state index in [-0.39, 0.29) is 0 Å². The molecule has 0 aromatic heterocycles. The molecule has 0 unspecified atom stereocenters. The van der Waals surface area contributed by atoms with Gasteiger partial charge in [0.25, 0.3) is 0 Å². The van der Waals surface area contributed by atoms with Crippen molar-refractivity contribution in [3.8, 4) is 0 Å². The molecular formula is C20H25N. The lowest BCUT2D eigenvalue weighted by Gasteiger charge is -2.41. The van der Waals surface area contributed by atoms with Gasteiger partial charge in [-0.15, -0.1) is 0 Å². The molecule has 1 aliphatic rings. The molecule has 0 radical (unpaired) electrons. The average molecular weight is 279 g/mol. The van der Waals surface area contributed by atoms with Crippen LogP contribution in [0.25, 0.3) is 0 Å². The van der Waals surface area contributed by atoms with Crippen LogP contribution in [0, 0.1) is 0 Å². The van der Waals surface area contributed by atoms with Gasteiger partial charge in [0.05, 0.1) is 0 Å². The monoisotopic (exact) mass is 279 g/mol. The zero-order valence-electron chi connectivity index (χ0n) is 12.9. The Kier molecular flexibility index (Phi) is 4.72. The number of piperidine rings is 1. The summed E-state index contributed by atoms with van der Waals surface area (Å²) in [6, 6.07) is 23.2. The smallest absolute Gasteiger partial charge is 0.0354 e. The first-order valence-corrected chi connectivity index (χ1v) is 8.25. The van der Waals surface area contributed by atoms with Gasteiger partial charge in [-0.25, -0.2) is 0 Å². The Bertz CT molecular complexity index is 493. The van der Waals surface area contributed by atoms with Gasteiger partial charge in [0.2, 0.25) is 0 Å². The fourth-order valence-corrected chi connectivity index (χ4v) is 3.70. The third kappa shape index (κ3) is 3.19. The zero-order valence-corrected chi connectivity index (χ0v) is 12.9. The molecule has 1 aliphatic heterocycles. The highest BCUT2D eigenvalue weighted by atomic mass is 15.2. The summed E-state index contributed by atoms with van der Waals surface area (Å²) in [5, 5.41) is 0. The molecule has 3 rings (SSSR count). The maximum absolute atomic E-state index is 2.73. The van der Waals surface area contributed by atoms with E-state index in [1.807, 2.05) is 0 Å². The van der Waals surface area contributed by atoms with Crippen molar-refractivity contribution in [2.45, 2.75) is 44.7 Å². The predicted octanol–water partition coefficient (Wildman–Crippen LogP) is 5.36. The Morgan fingerprint density at radius 2 is 1.62 bits per heavy atom. The largest absolute Gasteiger partial charge is 0.289 e. The van der Waals surface area contributed by atoms with Crippen LogP contribution in [0.5, 0.6) is 0 Å². The second-order valence-electron chi connectivity index (χ2n) is 5.99. The summed E-state index contributed by atoms with van der Waals surface area (Å²) in [4.78, 5) is 2.73. The van der Waals surface area contributed by atoms with E-state index in [9.17, 15) is 0 Å². The van der Waals surface area contributed by atoms with Crippen LogP contribution in [0.15, 0.2) is 60.7 Å². The normalized spacial score (nSPS) is 21.1. The molecule has 1 heterocycles. The first kappa shape index (κ1) is 14.3. The van der Waals surface area contributed by atoms with E-state index in [0.29, 0.717) is 12.1 Å². The van der Waals surface area contributed by atoms with Gasteiger partial charge in [-0.1, -0.05) is 74.0 Å². The van der Waals surface area contributed by atoms with Gasteiger partial charge in [0.1, 0.15) is 0 Å². The molecule has 0 spiro atoms. The van der Waals surface area contributed by atoms with Gasteiger partial charge in [0.15, 0.2) is 0 Å². The topological polar surface area (TPSA) is 3.24 Å². The second kappa shape index (κ2) is 6.91. The van der Waals surface area contributed by atoms with Crippen LogP contribution >= 0.6 is 0 Å². The summed E-state index contributed by atoms with van der Waals surface area (Å²) in [5.74, 6) is 0. The van der Waals surface area contributed by atoms with Crippen molar-refractivity contribution in [1.82, 2.24) is 4.90 Å². The fourth-order valence-electron chi connectivity index (χ4n) is 3.70. The van der Waals surface area contributed by atoms with Gasteiger partial charge in [-0.2, -0.15) is 0 Å². The van der Waals surface area contributed by atoms with E-state index >= 15 is 0 Å². The molecule has 1 saturated heterocycles. The highest BCUT2D eigenvalue weighted by Crippen LogP contribution is 2.38. The maximum atomic E-state index is 2.73. The Morgan fingerprint density at radius 1 is 0.952 bits per heavy atom. The quantitative estimate of drug-likeness (QED) is 0.727. The van der Waals surface area contributed by atoms with Crippen molar-refractivity contribution < 1.29 is 0 Å². The summed E-state index contributed by atoms with van der Waals surface area (Å²) in [6.07, 6.45) is 5.13. The molecule has 2 aromatic rings. The minimum absolute atomic E-state index is 0.539. The van der Waals surface area contributed by atoms with Crippen LogP contribution in [0.4, 0.5) is 0 Å². The molecule has 2 atom stereocenters. The first-order chi connectivity index (χ1) is 10.4. The highest BCUT2D eigenvalue weighted by molar-refractivity contribution is 5.23. The van der Waals surface area contributed by atoms with E-state index in [1.165, 1.54) is 43.4 Å². The Hall–Kier alpha value is -1.60. The summed E-state index contributed by atoms with van der Waals surface area (Å²) in [6.45, 7) is 3.53. The average Bonchev–Trinajstić information content (AvgIpc) is 2.58. The number of likely N-dealkylation sites (tertiary alicyclic amines) is 1. The van der Waals surface area contributed by atoms with E-state index < -0.39 is 0 Å². The third-order valence-electron chi connectivity index (χ3n) is 4.70. The van der Waals surface area contributed by atoms with E-state index in [4.69, 9.17) is 0 Å². The number of rotatable bonds is 4. The Morgan fingerprint density at radius 3 is 2.29 bits per heavy atom. The predicted molar refractivity (Wildman–Crippen MR) is 89.2 cm³/mol. The number of nitrogens with zero attached hydrogens (tertiary/aromatic N) is 1. The minimum atomic E-state index is 0.539. The lowest BCUT2D eigenvalue weighted by atomic mass is 9.91. The minimum Gasteiger partial charge on any atom is -0.289 e. The van der Waals surface area contributed by atoms with Gasteiger partial charge in [0, 0.05) is 12.1 Å². The SMILES string of the molecule is CC[C@H](c1ccccc1)N1CCCC[C@H]1c1ccccc1. The van der Waals surface area contributed by atoms with Crippen molar-refractivity contribution in [2.75, 3.05) is 6.54 Å². The Balaban J connectivity index is 1.89. The zero-order chi connectivity index (χ0) is 14.5. The van der Waals surface area contributed by atoms with Crippen molar-refractivity contribution >= 4 is 0 Å². The molecule has 21 heavy (non-hydrogen) atoms. The molecule has 2 aromatic carbocycles. The summed E-state index contributed by atoms with van der Waals surface area (Å²) in [7, 11) is 0. The molecule has 0 saturated carbocycles. The van der Waals surface area contributed by atoms with Crippen molar-refractivity contribution in [3.63, 3.8) is 0 Å². The first-order valence-electron chi connectivity index (χ1n) is 8.25. The van der Waals surface area contributed by atoms with Crippen LogP contribution < -0.4 is 0 Å². The van der Waals surface area contributed by atoms with Crippen LogP contribution in [0.1, 0.15) is 55.8 Å². The van der Waals surface area contributed by atoms with Crippen molar-refractivity contribution in [3.05, 3.63) is 71.8 Å². The van der Waals surface area contributed by atoms with Gasteiger partial charge >= 0.3 is 0 Å². The summed E-state index contributed by atoms with van der Waals surface area (Å²) < 4.78 is 0. The lowest BCUT2D eigenvalue weighted by molar-refractivity contribution is 0.0912. The van der Waals surface area contributed by atoms with E-state index in [0.717, 1.165) is 0 Å². The molecular weight excluding hydrogens is 254 g/mol. The fraction of sp³-hybridized carbons (Fsp3) is 0.400. The molecule has 0 N–H and O–H groups in total. The molecule has 110 valence electrons. The van der Waals surface area contributed by atoms with Crippen LogP contribution in [0.3, 0.4) is 0 Å². The molecule has 1 fully saturated rings. The van der Waals surface area contributed by atoms with Gasteiger partial charge < -0.3 is 0 Å². The van der Waals surface area contributed by atoms with Crippen LogP contribution in [-0.4, -0.2) is 11.4 Å². The number of hydrogen-bond donors (Lipinski definition) is 0. The number of hydrogen-bond acceptors (Lipinski definition) is 1. The molecule has 0 aliphatic carbocycles. The lowest BCUT2D eigenvalue weighted by Crippen LogP contribution is -2.36. The third-order valence-corrected chi connectivity index (χ3v) is 4.70. The van der Waals surface area contributed by atoms with E-state index in [1.54, 1.807) is 0 Å². The maximum Gasteiger partial charge on any atom is 0.0354 e. The van der Waals surface area contributed by atoms with Gasteiger partial charge in [-0.3, -0.25) is 4.90 Å². The number of benzene rings is 2. The standard InChI is InChI=1S/C20H25N/c1-2-19(17-11-5-3-6-12-17)21-16-10-9-15-20(21)18-13-7-4-8-14-18/h3-8,11-14,19-20H,2,9-10,15-16H2,1H3/t19-,20+/m1/s1. The summed E-state index contributed by atoms with van der Waals surface area (Å²) in [5.41, 5.74) is 2.94. The highest BCUT2D eigenvalue weighted by Gasteiger charge is 2.29. The molecule has 1 heteroatoms. The van der Waals surface area contributed by atoms with E-state index in [2.05, 4.69) is 72.5 Å².